The molecule has 0 aliphatic heterocycles. The van der Waals surface area contributed by atoms with E-state index in [0.29, 0.717) is 0 Å². The molecule has 23 heavy (non-hydrogen) atoms. The monoisotopic (exact) mass is 354 g/mol. The van der Waals surface area contributed by atoms with Crippen molar-refractivity contribution in [3.8, 4) is 5.75 Å². The van der Waals surface area contributed by atoms with Gasteiger partial charge in [0.1, 0.15) is 12.3 Å². The van der Waals surface area contributed by atoms with Gasteiger partial charge in [-0.05, 0) is 18.2 Å². The first-order chi connectivity index (χ1) is 10.5. The van der Waals surface area contributed by atoms with Crippen LogP contribution in [0.5, 0.6) is 5.75 Å². The van der Waals surface area contributed by atoms with Gasteiger partial charge in [0.15, 0.2) is 16.4 Å². The first kappa shape index (κ1) is 18.7. The quantitative estimate of drug-likeness (QED) is 0.817. The summed E-state index contributed by atoms with van der Waals surface area (Å²) in [5.41, 5.74) is 0. The molecular formula is C12H13F3N2O5S. The number of nitrogens with one attached hydrogen (secondary N) is 2. The summed E-state index contributed by atoms with van der Waals surface area (Å²) in [6, 6.07) is 3.95. The number of urea groups is 1. The average molecular weight is 354 g/mol. The van der Waals surface area contributed by atoms with E-state index < -0.39 is 41.1 Å². The van der Waals surface area contributed by atoms with Gasteiger partial charge in [-0.15, -0.1) is 0 Å². The number of halogens is 3. The van der Waals surface area contributed by atoms with E-state index >= 15 is 0 Å². The molecule has 1 aromatic carbocycles. The molecule has 0 radical (unpaired) electrons. The zero-order valence-corrected chi connectivity index (χ0v) is 12.6. The predicted molar refractivity (Wildman–Crippen MR) is 72.6 cm³/mol. The van der Waals surface area contributed by atoms with Gasteiger partial charge in [0.2, 0.25) is 0 Å². The number of alkyl halides is 3. The molecule has 0 atom stereocenters. The normalized spacial score (nSPS) is 11.7. The lowest BCUT2D eigenvalue weighted by molar-refractivity contribution is -0.125. The molecule has 0 bridgehead atoms. The molecular weight excluding hydrogens is 341 g/mol. The van der Waals surface area contributed by atoms with E-state index in [9.17, 15) is 31.2 Å². The number of amides is 3. The summed E-state index contributed by atoms with van der Waals surface area (Å²) in [6.45, 7) is -2.25. The Morgan fingerprint density at radius 1 is 1.26 bits per heavy atom. The summed E-state index contributed by atoms with van der Waals surface area (Å²) in [5, 5.41) is 3.09. The van der Waals surface area contributed by atoms with Crippen LogP contribution in [0.3, 0.4) is 0 Å². The van der Waals surface area contributed by atoms with Gasteiger partial charge in [0, 0.05) is 6.26 Å². The standard InChI is InChI=1S/C12H13F3N2O5S/c1-23(20,21)9-4-2-3-8(5-9)22-6-10(18)17-11(19)16-7-12(13,14)15/h2-5H,6-7H2,1H3,(H2,16,17,18,19). The molecule has 0 saturated heterocycles. The van der Waals surface area contributed by atoms with Gasteiger partial charge < -0.3 is 10.1 Å². The fraction of sp³-hybridized carbons (Fsp3) is 0.333. The Labute approximate surface area is 129 Å². The second kappa shape index (κ2) is 7.31. The Balaban J connectivity index is 2.49. The van der Waals surface area contributed by atoms with Crippen LogP contribution in [-0.4, -0.2) is 45.9 Å². The predicted octanol–water partition coefficient (Wildman–Crippen LogP) is 0.857. The van der Waals surface area contributed by atoms with Gasteiger partial charge in [-0.3, -0.25) is 10.1 Å². The molecule has 1 aromatic rings. The van der Waals surface area contributed by atoms with Crippen LogP contribution < -0.4 is 15.4 Å². The zero-order chi connectivity index (χ0) is 17.7. The van der Waals surface area contributed by atoms with E-state index in [-0.39, 0.29) is 10.6 Å². The maximum absolute atomic E-state index is 11.9. The number of carbonyl (C=O) groups is 2. The van der Waals surface area contributed by atoms with Crippen molar-refractivity contribution in [3.05, 3.63) is 24.3 Å². The summed E-state index contributed by atoms with van der Waals surface area (Å²) in [4.78, 5) is 22.3. The van der Waals surface area contributed by atoms with E-state index in [4.69, 9.17) is 4.74 Å². The van der Waals surface area contributed by atoms with E-state index in [1.807, 2.05) is 0 Å². The first-order valence-electron chi connectivity index (χ1n) is 6.05. The van der Waals surface area contributed by atoms with Crippen molar-refractivity contribution >= 4 is 21.8 Å². The van der Waals surface area contributed by atoms with Crippen molar-refractivity contribution in [1.29, 1.82) is 0 Å². The molecule has 0 heterocycles. The molecule has 0 spiro atoms. The minimum atomic E-state index is -4.59. The molecule has 3 amide bonds. The van der Waals surface area contributed by atoms with Crippen LogP contribution in [0.15, 0.2) is 29.2 Å². The van der Waals surface area contributed by atoms with Crippen molar-refractivity contribution in [3.63, 3.8) is 0 Å². The number of ether oxygens (including phenoxy) is 1. The second-order valence-electron chi connectivity index (χ2n) is 4.38. The minimum absolute atomic E-state index is 0.0293. The lowest BCUT2D eigenvalue weighted by atomic mass is 10.3. The molecule has 128 valence electrons. The van der Waals surface area contributed by atoms with Crippen LogP contribution >= 0.6 is 0 Å². The van der Waals surface area contributed by atoms with Crippen LogP contribution in [0.25, 0.3) is 0 Å². The largest absolute Gasteiger partial charge is 0.484 e. The van der Waals surface area contributed by atoms with Gasteiger partial charge in [0.05, 0.1) is 4.90 Å². The summed E-state index contributed by atoms with van der Waals surface area (Å²) in [5.74, 6) is -0.937. The fourth-order valence-corrected chi connectivity index (χ4v) is 1.99. The number of sulfone groups is 1. The molecule has 0 aliphatic rings. The van der Waals surface area contributed by atoms with Gasteiger partial charge in [0.25, 0.3) is 5.91 Å². The maximum Gasteiger partial charge on any atom is 0.405 e. The lowest BCUT2D eigenvalue weighted by Gasteiger charge is -2.10. The number of hydrogen-bond acceptors (Lipinski definition) is 5. The van der Waals surface area contributed by atoms with Crippen LogP contribution in [0, 0.1) is 0 Å². The second-order valence-corrected chi connectivity index (χ2v) is 6.40. The molecule has 1 rings (SSSR count). The zero-order valence-electron chi connectivity index (χ0n) is 11.8. The molecule has 0 aliphatic carbocycles. The van der Waals surface area contributed by atoms with E-state index in [2.05, 4.69) is 0 Å². The highest BCUT2D eigenvalue weighted by Gasteiger charge is 2.27. The molecule has 0 saturated carbocycles. The molecule has 2 N–H and O–H groups in total. The number of benzene rings is 1. The Morgan fingerprint density at radius 2 is 1.91 bits per heavy atom. The fourth-order valence-electron chi connectivity index (χ4n) is 1.33. The van der Waals surface area contributed by atoms with Gasteiger partial charge >= 0.3 is 12.2 Å². The Bertz CT molecular complexity index is 688. The molecule has 0 unspecified atom stereocenters. The van der Waals surface area contributed by atoms with Crippen LogP contribution in [-0.2, 0) is 14.6 Å². The average Bonchev–Trinajstić information content (AvgIpc) is 2.42. The summed E-state index contributed by atoms with van der Waals surface area (Å²) >= 11 is 0. The smallest absolute Gasteiger partial charge is 0.405 e. The first-order valence-corrected chi connectivity index (χ1v) is 7.94. The van der Waals surface area contributed by atoms with E-state index in [1.165, 1.54) is 29.6 Å². The highest BCUT2D eigenvalue weighted by Crippen LogP contribution is 2.17. The summed E-state index contributed by atoms with van der Waals surface area (Å²) < 4.78 is 63.2. The van der Waals surface area contributed by atoms with Gasteiger partial charge in [-0.25, -0.2) is 13.2 Å². The lowest BCUT2D eigenvalue weighted by Crippen LogP contribution is -2.44. The molecule has 11 heteroatoms. The number of carbonyl (C=O) groups excluding carboxylic acids is 2. The Hall–Kier alpha value is -2.30. The van der Waals surface area contributed by atoms with Crippen molar-refractivity contribution < 1.29 is 35.9 Å². The summed E-state index contributed by atoms with van der Waals surface area (Å²) in [6.07, 6.45) is -3.60. The number of hydrogen-bond donors (Lipinski definition) is 2. The topological polar surface area (TPSA) is 102 Å². The van der Waals surface area contributed by atoms with Crippen molar-refractivity contribution in [2.24, 2.45) is 0 Å². The van der Waals surface area contributed by atoms with Crippen LogP contribution in [0.4, 0.5) is 18.0 Å². The summed E-state index contributed by atoms with van der Waals surface area (Å²) in [7, 11) is -3.46. The van der Waals surface area contributed by atoms with E-state index in [1.54, 1.807) is 5.32 Å². The third-order valence-corrected chi connectivity index (χ3v) is 3.42. The Morgan fingerprint density at radius 3 is 2.48 bits per heavy atom. The van der Waals surface area contributed by atoms with Crippen LogP contribution in [0.2, 0.25) is 0 Å². The SMILES string of the molecule is CS(=O)(=O)c1cccc(OCC(=O)NC(=O)NCC(F)(F)F)c1. The van der Waals surface area contributed by atoms with Crippen molar-refractivity contribution in [2.75, 3.05) is 19.4 Å². The molecule has 0 aromatic heterocycles. The maximum atomic E-state index is 11.9. The minimum Gasteiger partial charge on any atom is -0.484 e. The number of imide groups is 1. The third kappa shape index (κ3) is 7.49. The van der Waals surface area contributed by atoms with Crippen LogP contribution in [0.1, 0.15) is 0 Å². The number of rotatable bonds is 5. The highest BCUT2D eigenvalue weighted by atomic mass is 32.2. The highest BCUT2D eigenvalue weighted by molar-refractivity contribution is 7.90. The van der Waals surface area contributed by atoms with Gasteiger partial charge in [-0.2, -0.15) is 13.2 Å². The van der Waals surface area contributed by atoms with Crippen molar-refractivity contribution in [1.82, 2.24) is 10.6 Å². The van der Waals surface area contributed by atoms with E-state index in [0.717, 1.165) is 6.26 Å². The van der Waals surface area contributed by atoms with Gasteiger partial charge in [-0.1, -0.05) is 6.07 Å². The third-order valence-electron chi connectivity index (χ3n) is 2.31. The molecule has 0 fully saturated rings. The van der Waals surface area contributed by atoms with Crippen molar-refractivity contribution in [2.45, 2.75) is 11.1 Å². The molecule has 7 nitrogen and oxygen atoms in total. The Kier molecular flexibility index (Phi) is 5.96.